The number of aromatic nitrogens is 3. The van der Waals surface area contributed by atoms with Crippen LogP contribution in [0.25, 0.3) is 61.3 Å². The maximum Gasteiger partial charge on any atom is 0.149 e. The highest BCUT2D eigenvalue weighted by Crippen LogP contribution is 2.41. The average molecular weight is 658 g/mol. The summed E-state index contributed by atoms with van der Waals surface area (Å²) in [6.07, 6.45) is 1.95. The molecule has 0 aliphatic heterocycles. The number of fused-ring (bicyclic) bond motifs is 2. The van der Waals surface area contributed by atoms with Gasteiger partial charge in [-0.15, -0.1) is 0 Å². The molecule has 0 radical (unpaired) electrons. The summed E-state index contributed by atoms with van der Waals surface area (Å²) >= 11 is 0. The van der Waals surface area contributed by atoms with E-state index in [9.17, 15) is 5.11 Å². The van der Waals surface area contributed by atoms with Gasteiger partial charge >= 0.3 is 0 Å². The van der Waals surface area contributed by atoms with Crippen molar-refractivity contribution in [3.8, 4) is 45.1 Å². The number of para-hydroxylation sites is 2. The molecule has 5 aromatic carbocycles. The van der Waals surface area contributed by atoms with Gasteiger partial charge in [-0.1, -0.05) is 117 Å². The van der Waals surface area contributed by atoms with E-state index in [0.717, 1.165) is 44.5 Å². The van der Waals surface area contributed by atoms with Gasteiger partial charge < -0.3 is 5.11 Å². The zero-order valence-electron chi connectivity index (χ0n) is 30.8. The predicted octanol–water partition coefficient (Wildman–Crippen LogP) is 12.2. The van der Waals surface area contributed by atoms with Crippen LogP contribution in [0.15, 0.2) is 115 Å². The summed E-state index contributed by atoms with van der Waals surface area (Å²) in [5.41, 5.74) is 12.7. The summed E-state index contributed by atoms with van der Waals surface area (Å²) in [6, 6.07) is 38.1. The Morgan fingerprint density at radius 3 is 1.84 bits per heavy atom. The van der Waals surface area contributed by atoms with Crippen LogP contribution in [0.4, 0.5) is 0 Å². The zero-order valence-corrected chi connectivity index (χ0v) is 30.8. The monoisotopic (exact) mass is 657 g/mol. The van der Waals surface area contributed by atoms with Crippen molar-refractivity contribution in [3.05, 3.63) is 132 Å². The summed E-state index contributed by atoms with van der Waals surface area (Å²) in [7, 11) is 0. The van der Waals surface area contributed by atoms with Crippen LogP contribution in [0.1, 0.15) is 79.0 Å². The standard InChI is InChI=1S/C46H47N3O/c1-44(2,3)31-20-22-33(23-21-31)49-39-18-13-17-34(42(39)48-43(49)35-16-10-11-19-40(35)50)29-14-12-15-30(26-29)36-27-32(45(4,5)6)28-37-38(46(7,8)9)24-25-47-41(36)37/h10-28,50H,1-9H3. The third kappa shape index (κ3) is 5.98. The van der Waals surface area contributed by atoms with Gasteiger partial charge in [0.1, 0.15) is 11.6 Å². The number of rotatable bonds is 4. The van der Waals surface area contributed by atoms with Gasteiger partial charge in [-0.2, -0.15) is 0 Å². The molecule has 0 unspecified atom stereocenters. The molecule has 0 fully saturated rings. The van der Waals surface area contributed by atoms with E-state index in [4.69, 9.17) is 9.97 Å². The summed E-state index contributed by atoms with van der Waals surface area (Å²) in [5.74, 6) is 0.902. The largest absolute Gasteiger partial charge is 0.507 e. The SMILES string of the molecule is CC(C)(C)c1ccc(-n2c(-c3ccccc3O)nc3c(-c4cccc(-c5cc(C(C)(C)C)cc6c(C(C)(C)C)ccnc56)c4)cccc32)cc1. The minimum absolute atomic E-state index is 0.0246. The minimum Gasteiger partial charge on any atom is -0.507 e. The Hall–Kier alpha value is -5.22. The van der Waals surface area contributed by atoms with Gasteiger partial charge in [0.15, 0.2) is 0 Å². The first-order valence-electron chi connectivity index (χ1n) is 17.6. The quantitative estimate of drug-likeness (QED) is 0.205. The number of pyridine rings is 1. The first-order chi connectivity index (χ1) is 23.6. The summed E-state index contributed by atoms with van der Waals surface area (Å²) in [5, 5.41) is 12.2. The molecule has 0 spiro atoms. The number of nitrogens with zero attached hydrogens (tertiary/aromatic N) is 3. The van der Waals surface area contributed by atoms with E-state index in [0.29, 0.717) is 11.4 Å². The fourth-order valence-electron chi connectivity index (χ4n) is 6.96. The van der Waals surface area contributed by atoms with Crippen LogP contribution in [0, 0.1) is 0 Å². The van der Waals surface area contributed by atoms with Gasteiger partial charge in [-0.05, 0) is 98.7 Å². The molecule has 0 saturated carbocycles. The maximum absolute atomic E-state index is 11.0. The molecule has 252 valence electrons. The molecular weight excluding hydrogens is 611 g/mol. The molecule has 0 amide bonds. The van der Waals surface area contributed by atoms with Gasteiger partial charge in [0.05, 0.1) is 22.1 Å². The smallest absolute Gasteiger partial charge is 0.149 e. The Kier molecular flexibility index (Phi) is 7.98. The molecule has 0 saturated heterocycles. The highest BCUT2D eigenvalue weighted by atomic mass is 16.3. The van der Waals surface area contributed by atoms with Crippen molar-refractivity contribution in [2.45, 2.75) is 78.6 Å². The molecule has 2 aromatic heterocycles. The van der Waals surface area contributed by atoms with E-state index in [2.05, 4.69) is 152 Å². The second-order valence-corrected chi connectivity index (χ2v) is 16.6. The highest BCUT2D eigenvalue weighted by Gasteiger charge is 2.24. The maximum atomic E-state index is 11.0. The number of phenolic OH excluding ortho intramolecular Hbond substituents is 1. The first kappa shape index (κ1) is 33.3. The average Bonchev–Trinajstić information content (AvgIpc) is 3.46. The number of benzene rings is 5. The van der Waals surface area contributed by atoms with Crippen molar-refractivity contribution in [1.82, 2.24) is 14.5 Å². The lowest BCUT2D eigenvalue weighted by molar-refractivity contribution is 0.477. The Labute approximate surface area is 296 Å². The molecule has 7 rings (SSSR count). The molecule has 0 aliphatic carbocycles. The Morgan fingerprint density at radius 1 is 0.540 bits per heavy atom. The van der Waals surface area contributed by atoms with E-state index in [1.165, 1.54) is 22.1 Å². The van der Waals surface area contributed by atoms with Crippen LogP contribution >= 0.6 is 0 Å². The van der Waals surface area contributed by atoms with Crippen molar-refractivity contribution in [2.24, 2.45) is 0 Å². The normalized spacial score (nSPS) is 12.6. The Bertz CT molecular complexity index is 2380. The molecule has 50 heavy (non-hydrogen) atoms. The van der Waals surface area contributed by atoms with Crippen molar-refractivity contribution in [1.29, 1.82) is 0 Å². The van der Waals surface area contributed by atoms with Gasteiger partial charge in [0, 0.05) is 28.4 Å². The molecule has 4 nitrogen and oxygen atoms in total. The van der Waals surface area contributed by atoms with Gasteiger partial charge in [0.25, 0.3) is 0 Å². The van der Waals surface area contributed by atoms with Crippen molar-refractivity contribution in [3.63, 3.8) is 0 Å². The fourth-order valence-corrected chi connectivity index (χ4v) is 6.96. The van der Waals surface area contributed by atoms with Crippen LogP contribution in [-0.4, -0.2) is 19.6 Å². The minimum atomic E-state index is -0.0333. The van der Waals surface area contributed by atoms with Crippen molar-refractivity contribution < 1.29 is 5.11 Å². The molecule has 4 heteroatoms. The summed E-state index contributed by atoms with van der Waals surface area (Å²) in [4.78, 5) is 10.3. The number of aromatic hydroxyl groups is 1. The number of phenols is 1. The molecule has 2 heterocycles. The van der Waals surface area contributed by atoms with Crippen molar-refractivity contribution in [2.75, 3.05) is 0 Å². The second-order valence-electron chi connectivity index (χ2n) is 16.6. The molecule has 0 atom stereocenters. The third-order valence-corrected chi connectivity index (χ3v) is 9.83. The van der Waals surface area contributed by atoms with E-state index in [1.54, 1.807) is 6.07 Å². The second kappa shape index (κ2) is 12.0. The molecular formula is C46H47N3O. The lowest BCUT2D eigenvalue weighted by Gasteiger charge is -2.25. The Morgan fingerprint density at radius 2 is 1.18 bits per heavy atom. The van der Waals surface area contributed by atoms with Gasteiger partial charge in [-0.25, -0.2) is 4.98 Å². The predicted molar refractivity (Wildman–Crippen MR) is 210 cm³/mol. The van der Waals surface area contributed by atoms with Gasteiger partial charge in [0.2, 0.25) is 0 Å². The topological polar surface area (TPSA) is 50.9 Å². The summed E-state index contributed by atoms with van der Waals surface area (Å²) in [6.45, 7) is 20.3. The highest BCUT2D eigenvalue weighted by molar-refractivity contribution is 6.00. The molecule has 0 bridgehead atoms. The molecule has 0 aliphatic rings. The van der Waals surface area contributed by atoms with Crippen LogP contribution in [-0.2, 0) is 16.2 Å². The number of imidazole rings is 1. The van der Waals surface area contributed by atoms with Crippen molar-refractivity contribution >= 4 is 21.9 Å². The molecule has 7 aromatic rings. The lowest BCUT2D eigenvalue weighted by Crippen LogP contribution is -2.15. The van der Waals surface area contributed by atoms with Crippen LogP contribution in [0.3, 0.4) is 0 Å². The zero-order chi connectivity index (χ0) is 35.6. The first-order valence-corrected chi connectivity index (χ1v) is 17.6. The summed E-state index contributed by atoms with van der Waals surface area (Å²) < 4.78 is 2.17. The van der Waals surface area contributed by atoms with E-state index >= 15 is 0 Å². The third-order valence-electron chi connectivity index (χ3n) is 9.83. The van der Waals surface area contributed by atoms with E-state index < -0.39 is 0 Å². The van der Waals surface area contributed by atoms with Crippen LogP contribution in [0.5, 0.6) is 5.75 Å². The van der Waals surface area contributed by atoms with Gasteiger partial charge in [-0.3, -0.25) is 9.55 Å². The van der Waals surface area contributed by atoms with Crippen LogP contribution < -0.4 is 0 Å². The number of hydrogen-bond acceptors (Lipinski definition) is 3. The fraction of sp³-hybridized carbons (Fsp3) is 0.261. The van der Waals surface area contributed by atoms with E-state index in [-0.39, 0.29) is 22.0 Å². The lowest BCUT2D eigenvalue weighted by atomic mass is 9.80. The van der Waals surface area contributed by atoms with Crippen LogP contribution in [0.2, 0.25) is 0 Å². The van der Waals surface area contributed by atoms with E-state index in [1.807, 2.05) is 24.4 Å². The Balaban J connectivity index is 1.46. The number of hydrogen-bond donors (Lipinski definition) is 1. The molecule has 1 N–H and O–H groups in total.